The fraction of sp³-hybridized carbons (Fsp3) is 0.231. The van der Waals surface area contributed by atoms with Crippen molar-refractivity contribution in [3.05, 3.63) is 44.8 Å². The standard InChI is InChI=1S/C13H12ClN5OS/c1-7-3-15-12-10(14)11(18-19(12)5-7)13(20)16-4-9-17-8(2)6-21-9/h3,5-6H,4H2,1-2H3,(H,16,20). The Morgan fingerprint density at radius 2 is 2.29 bits per heavy atom. The van der Waals surface area contributed by atoms with Crippen LogP contribution in [0.1, 0.15) is 26.8 Å². The molecular formula is C13H12ClN5OS. The number of hydrogen-bond acceptors (Lipinski definition) is 5. The summed E-state index contributed by atoms with van der Waals surface area (Å²) < 4.78 is 1.51. The Morgan fingerprint density at radius 1 is 1.48 bits per heavy atom. The van der Waals surface area contributed by atoms with Gasteiger partial charge >= 0.3 is 0 Å². The Morgan fingerprint density at radius 3 is 3.00 bits per heavy atom. The third-order valence-corrected chi connectivity index (χ3v) is 4.14. The van der Waals surface area contributed by atoms with Crippen LogP contribution in [-0.2, 0) is 6.54 Å². The number of rotatable bonds is 3. The van der Waals surface area contributed by atoms with E-state index in [4.69, 9.17) is 11.6 Å². The second-order valence-corrected chi connectivity index (χ2v) is 5.95. The van der Waals surface area contributed by atoms with Gasteiger partial charge in [-0.05, 0) is 19.4 Å². The van der Waals surface area contributed by atoms with E-state index in [0.717, 1.165) is 16.3 Å². The average Bonchev–Trinajstić information content (AvgIpc) is 3.00. The van der Waals surface area contributed by atoms with Gasteiger partial charge in [0.15, 0.2) is 11.3 Å². The molecule has 108 valence electrons. The van der Waals surface area contributed by atoms with E-state index in [1.807, 2.05) is 19.2 Å². The van der Waals surface area contributed by atoms with Gasteiger partial charge in [-0.25, -0.2) is 14.5 Å². The van der Waals surface area contributed by atoms with Crippen molar-refractivity contribution in [3.63, 3.8) is 0 Å². The predicted molar refractivity (Wildman–Crippen MR) is 80.8 cm³/mol. The van der Waals surface area contributed by atoms with Crippen molar-refractivity contribution in [2.75, 3.05) is 0 Å². The van der Waals surface area contributed by atoms with E-state index in [9.17, 15) is 4.79 Å². The Kier molecular flexibility index (Phi) is 3.60. The molecule has 0 aliphatic carbocycles. The van der Waals surface area contributed by atoms with Gasteiger partial charge in [-0.1, -0.05) is 11.6 Å². The van der Waals surface area contributed by atoms with E-state index in [1.165, 1.54) is 15.9 Å². The number of carbonyl (C=O) groups excluding carboxylic acids is 1. The number of fused-ring (bicyclic) bond motifs is 1. The van der Waals surface area contributed by atoms with Crippen LogP contribution in [0, 0.1) is 13.8 Å². The lowest BCUT2D eigenvalue weighted by Crippen LogP contribution is -2.23. The molecule has 0 bridgehead atoms. The lowest BCUT2D eigenvalue weighted by atomic mass is 10.4. The summed E-state index contributed by atoms with van der Waals surface area (Å²) in [4.78, 5) is 20.6. The molecule has 6 nitrogen and oxygen atoms in total. The highest BCUT2D eigenvalue weighted by atomic mass is 35.5. The van der Waals surface area contributed by atoms with Crippen LogP contribution in [0.5, 0.6) is 0 Å². The lowest BCUT2D eigenvalue weighted by molar-refractivity contribution is 0.0945. The van der Waals surface area contributed by atoms with Crippen molar-refractivity contribution in [2.24, 2.45) is 0 Å². The summed E-state index contributed by atoms with van der Waals surface area (Å²) in [6.45, 7) is 4.16. The molecule has 1 amide bonds. The van der Waals surface area contributed by atoms with Gasteiger partial charge in [0.05, 0.1) is 6.54 Å². The van der Waals surface area contributed by atoms with E-state index < -0.39 is 0 Å². The maximum atomic E-state index is 12.2. The summed E-state index contributed by atoms with van der Waals surface area (Å²) in [6.07, 6.45) is 3.46. The zero-order valence-electron chi connectivity index (χ0n) is 11.4. The number of amides is 1. The van der Waals surface area contributed by atoms with E-state index in [-0.39, 0.29) is 16.6 Å². The van der Waals surface area contributed by atoms with E-state index in [2.05, 4.69) is 20.4 Å². The molecule has 0 aliphatic rings. The number of nitrogens with zero attached hydrogens (tertiary/aromatic N) is 4. The lowest BCUT2D eigenvalue weighted by Gasteiger charge is -1.99. The van der Waals surface area contributed by atoms with Gasteiger partial charge in [0, 0.05) is 23.5 Å². The van der Waals surface area contributed by atoms with Gasteiger partial charge < -0.3 is 5.32 Å². The van der Waals surface area contributed by atoms with E-state index in [0.29, 0.717) is 12.2 Å². The molecule has 3 heterocycles. The maximum absolute atomic E-state index is 12.2. The average molecular weight is 322 g/mol. The van der Waals surface area contributed by atoms with Crippen molar-refractivity contribution in [1.82, 2.24) is 24.9 Å². The largest absolute Gasteiger partial charge is 0.344 e. The molecule has 3 rings (SSSR count). The number of carbonyl (C=O) groups is 1. The van der Waals surface area contributed by atoms with Crippen LogP contribution in [0.15, 0.2) is 17.8 Å². The summed E-state index contributed by atoms with van der Waals surface area (Å²) in [5.74, 6) is -0.337. The summed E-state index contributed by atoms with van der Waals surface area (Å²) >= 11 is 7.67. The first kappa shape index (κ1) is 14.0. The highest BCUT2D eigenvalue weighted by molar-refractivity contribution is 7.09. The number of halogens is 1. The Bertz CT molecular complexity index is 825. The first-order valence-electron chi connectivity index (χ1n) is 6.24. The zero-order valence-corrected chi connectivity index (χ0v) is 13.0. The molecule has 21 heavy (non-hydrogen) atoms. The molecule has 0 saturated carbocycles. The Balaban J connectivity index is 1.82. The topological polar surface area (TPSA) is 72.2 Å². The molecule has 0 spiro atoms. The van der Waals surface area contributed by atoms with Gasteiger partial charge in [-0.2, -0.15) is 5.10 Å². The molecule has 0 unspecified atom stereocenters. The number of aryl methyl sites for hydroxylation is 2. The van der Waals surface area contributed by atoms with Crippen LogP contribution in [0.4, 0.5) is 0 Å². The monoisotopic (exact) mass is 321 g/mol. The number of nitrogens with one attached hydrogen (secondary N) is 1. The summed E-state index contributed by atoms with van der Waals surface area (Å²) in [7, 11) is 0. The maximum Gasteiger partial charge on any atom is 0.273 e. The summed E-state index contributed by atoms with van der Waals surface area (Å²) in [6, 6.07) is 0. The SMILES string of the molecule is Cc1cnc2c(Cl)c(C(=O)NCc3nc(C)cs3)nn2c1. The molecule has 3 aromatic rings. The first-order valence-corrected chi connectivity index (χ1v) is 7.50. The number of aromatic nitrogens is 4. The van der Waals surface area contributed by atoms with Gasteiger partial charge in [0.1, 0.15) is 10.0 Å². The molecular weight excluding hydrogens is 310 g/mol. The third kappa shape index (κ3) is 2.74. The van der Waals surface area contributed by atoms with Crippen molar-refractivity contribution in [3.8, 4) is 0 Å². The van der Waals surface area contributed by atoms with Crippen LogP contribution < -0.4 is 5.32 Å². The van der Waals surface area contributed by atoms with Gasteiger partial charge in [0.25, 0.3) is 5.91 Å². The highest BCUT2D eigenvalue weighted by Gasteiger charge is 2.19. The van der Waals surface area contributed by atoms with Gasteiger partial charge in [-0.15, -0.1) is 11.3 Å². The second kappa shape index (κ2) is 5.42. The smallest absolute Gasteiger partial charge is 0.273 e. The van der Waals surface area contributed by atoms with Crippen LogP contribution in [0.25, 0.3) is 5.65 Å². The second-order valence-electron chi connectivity index (χ2n) is 4.63. The van der Waals surface area contributed by atoms with Gasteiger partial charge in [0.2, 0.25) is 0 Å². The molecule has 0 saturated heterocycles. The molecule has 0 fully saturated rings. The molecule has 3 aromatic heterocycles. The predicted octanol–water partition coefficient (Wildman–Crippen LogP) is 2.39. The normalized spacial score (nSPS) is 11.0. The molecule has 8 heteroatoms. The van der Waals surface area contributed by atoms with Gasteiger partial charge in [-0.3, -0.25) is 4.79 Å². The van der Waals surface area contributed by atoms with Crippen LogP contribution in [0.2, 0.25) is 5.02 Å². The van der Waals surface area contributed by atoms with Crippen LogP contribution >= 0.6 is 22.9 Å². The Hall–Kier alpha value is -1.99. The minimum Gasteiger partial charge on any atom is -0.344 e. The van der Waals surface area contributed by atoms with Crippen molar-refractivity contribution in [1.29, 1.82) is 0 Å². The third-order valence-electron chi connectivity index (χ3n) is 2.83. The van der Waals surface area contributed by atoms with Crippen LogP contribution in [0.3, 0.4) is 0 Å². The van der Waals surface area contributed by atoms with Crippen LogP contribution in [-0.4, -0.2) is 25.5 Å². The molecule has 1 N–H and O–H groups in total. The fourth-order valence-corrected chi connectivity index (χ4v) is 2.84. The molecule has 0 aromatic carbocycles. The fourth-order valence-electron chi connectivity index (χ4n) is 1.87. The van der Waals surface area contributed by atoms with E-state index >= 15 is 0 Å². The quantitative estimate of drug-likeness (QED) is 0.804. The highest BCUT2D eigenvalue weighted by Crippen LogP contribution is 2.20. The number of hydrogen-bond donors (Lipinski definition) is 1. The molecule has 0 atom stereocenters. The van der Waals surface area contributed by atoms with Crippen molar-refractivity contribution in [2.45, 2.75) is 20.4 Å². The minimum atomic E-state index is -0.337. The summed E-state index contributed by atoms with van der Waals surface area (Å²) in [5.41, 5.74) is 2.52. The van der Waals surface area contributed by atoms with Crippen molar-refractivity contribution < 1.29 is 4.79 Å². The zero-order chi connectivity index (χ0) is 15.0. The minimum absolute atomic E-state index is 0.169. The summed E-state index contributed by atoms with van der Waals surface area (Å²) in [5, 5.41) is 9.98. The Labute approximate surface area is 129 Å². The first-order chi connectivity index (χ1) is 10.0. The molecule has 0 radical (unpaired) electrons. The number of thiazole rings is 1. The van der Waals surface area contributed by atoms with Crippen molar-refractivity contribution >= 4 is 34.5 Å². The molecule has 0 aliphatic heterocycles. The van der Waals surface area contributed by atoms with E-state index in [1.54, 1.807) is 12.4 Å².